The predicted molar refractivity (Wildman–Crippen MR) is 72.2 cm³/mol. The quantitative estimate of drug-likeness (QED) is 0.841. The van der Waals surface area contributed by atoms with E-state index in [0.717, 1.165) is 17.0 Å². The summed E-state index contributed by atoms with van der Waals surface area (Å²) >= 11 is 1.66. The van der Waals surface area contributed by atoms with Crippen LogP contribution in [0.5, 0.6) is 0 Å². The maximum absolute atomic E-state index is 12.2. The summed E-state index contributed by atoms with van der Waals surface area (Å²) in [6.45, 7) is 6.46. The summed E-state index contributed by atoms with van der Waals surface area (Å²) in [6.07, 6.45) is 0.481. The lowest BCUT2D eigenvalue weighted by Crippen LogP contribution is -2.33. The molecule has 0 bridgehead atoms. The number of rotatable bonds is 3. The summed E-state index contributed by atoms with van der Waals surface area (Å²) in [5.74, 6) is 0.235. The van der Waals surface area contributed by atoms with Crippen LogP contribution in [0.4, 0.5) is 0 Å². The van der Waals surface area contributed by atoms with Crippen LogP contribution in [-0.4, -0.2) is 42.8 Å². The fourth-order valence-corrected chi connectivity index (χ4v) is 3.11. The Morgan fingerprint density at radius 1 is 1.44 bits per heavy atom. The number of aryl methyl sites for hydroxylation is 2. The second-order valence-electron chi connectivity index (χ2n) is 4.63. The minimum Gasteiger partial charge on any atom is -0.355 e. The third-order valence-corrected chi connectivity index (χ3v) is 4.08. The Hall–Kier alpha value is -1.20. The molecule has 0 atom stereocenters. The van der Waals surface area contributed by atoms with Crippen molar-refractivity contribution in [2.75, 3.05) is 26.2 Å². The number of hydrogen-bond donors (Lipinski definition) is 1. The number of amides is 1. The zero-order valence-corrected chi connectivity index (χ0v) is 11.6. The number of hydrogen-bond acceptors (Lipinski definition) is 4. The zero-order valence-electron chi connectivity index (χ0n) is 10.8. The smallest absolute Gasteiger partial charge is 0.221 e. The minimum absolute atomic E-state index is 0.0764. The number of nitrogens with zero attached hydrogens (tertiary/aromatic N) is 1. The Balaban J connectivity index is 1.98. The molecule has 2 rings (SSSR count). The number of ketones is 1. The molecule has 2 heterocycles. The number of thiophene rings is 1. The molecule has 0 unspecified atom stereocenters. The Labute approximate surface area is 111 Å². The van der Waals surface area contributed by atoms with Crippen LogP contribution in [0.2, 0.25) is 0 Å². The molecular formula is C13H18N2O2S. The lowest BCUT2D eigenvalue weighted by atomic mass is 10.1. The first-order valence-corrected chi connectivity index (χ1v) is 6.97. The standard InChI is InChI=1S/C13H18N2O2S/c1-9-7-11(10(2)18-9)12(16)8-15-5-3-13(17)14-4-6-15/h7H,3-6,8H2,1-2H3,(H,14,17). The molecule has 98 valence electrons. The average molecular weight is 266 g/mol. The van der Waals surface area contributed by atoms with E-state index < -0.39 is 0 Å². The Kier molecular flexibility index (Phi) is 4.14. The van der Waals surface area contributed by atoms with Crippen LogP contribution in [0, 0.1) is 13.8 Å². The van der Waals surface area contributed by atoms with E-state index in [4.69, 9.17) is 0 Å². The van der Waals surface area contributed by atoms with Crippen LogP contribution in [0.3, 0.4) is 0 Å². The second kappa shape index (κ2) is 5.63. The van der Waals surface area contributed by atoms with E-state index >= 15 is 0 Å². The molecule has 4 nitrogen and oxygen atoms in total. The summed E-state index contributed by atoms with van der Waals surface area (Å²) in [4.78, 5) is 27.7. The molecule has 1 aliphatic rings. The van der Waals surface area contributed by atoms with Crippen LogP contribution >= 0.6 is 11.3 Å². The molecule has 0 saturated carbocycles. The monoisotopic (exact) mass is 266 g/mol. The fourth-order valence-electron chi connectivity index (χ4n) is 2.17. The predicted octanol–water partition coefficient (Wildman–Crippen LogP) is 1.37. The Morgan fingerprint density at radius 3 is 2.89 bits per heavy atom. The van der Waals surface area contributed by atoms with Crippen molar-refractivity contribution in [2.45, 2.75) is 20.3 Å². The summed E-state index contributed by atoms with van der Waals surface area (Å²) in [6, 6.07) is 1.96. The Morgan fingerprint density at radius 2 is 2.22 bits per heavy atom. The van der Waals surface area contributed by atoms with Crippen molar-refractivity contribution in [3.05, 3.63) is 21.4 Å². The van der Waals surface area contributed by atoms with E-state index in [1.807, 2.05) is 24.8 Å². The van der Waals surface area contributed by atoms with Gasteiger partial charge in [0, 0.05) is 41.4 Å². The molecule has 1 fully saturated rings. The van der Waals surface area contributed by atoms with E-state index in [1.54, 1.807) is 11.3 Å². The maximum Gasteiger partial charge on any atom is 0.221 e. The number of carbonyl (C=O) groups excluding carboxylic acids is 2. The molecule has 5 heteroatoms. The molecule has 1 aliphatic heterocycles. The van der Waals surface area contributed by atoms with Crippen LogP contribution < -0.4 is 5.32 Å². The largest absolute Gasteiger partial charge is 0.355 e. The first-order chi connectivity index (χ1) is 8.56. The van der Waals surface area contributed by atoms with Crippen molar-refractivity contribution >= 4 is 23.0 Å². The highest BCUT2D eigenvalue weighted by molar-refractivity contribution is 7.12. The van der Waals surface area contributed by atoms with Crippen molar-refractivity contribution in [3.63, 3.8) is 0 Å². The van der Waals surface area contributed by atoms with Crippen molar-refractivity contribution in [2.24, 2.45) is 0 Å². The molecule has 18 heavy (non-hydrogen) atoms. The lowest BCUT2D eigenvalue weighted by molar-refractivity contribution is -0.120. The van der Waals surface area contributed by atoms with Crippen molar-refractivity contribution < 1.29 is 9.59 Å². The molecular weight excluding hydrogens is 248 g/mol. The van der Waals surface area contributed by atoms with E-state index in [2.05, 4.69) is 5.32 Å². The highest BCUT2D eigenvalue weighted by Gasteiger charge is 2.18. The number of nitrogens with one attached hydrogen (secondary N) is 1. The SMILES string of the molecule is Cc1cc(C(=O)CN2CCNC(=O)CC2)c(C)s1. The number of carbonyl (C=O) groups is 2. The van der Waals surface area contributed by atoms with E-state index in [-0.39, 0.29) is 11.7 Å². The first kappa shape index (κ1) is 13.2. The summed E-state index contributed by atoms with van der Waals surface area (Å²) in [5.41, 5.74) is 0.834. The van der Waals surface area contributed by atoms with Gasteiger partial charge >= 0.3 is 0 Å². The maximum atomic E-state index is 12.2. The molecule has 0 spiro atoms. The molecule has 1 saturated heterocycles. The third-order valence-electron chi connectivity index (χ3n) is 3.11. The van der Waals surface area contributed by atoms with Crippen molar-refractivity contribution in [1.82, 2.24) is 10.2 Å². The van der Waals surface area contributed by atoms with E-state index in [9.17, 15) is 9.59 Å². The molecule has 0 radical (unpaired) electrons. The van der Waals surface area contributed by atoms with Crippen molar-refractivity contribution in [1.29, 1.82) is 0 Å². The van der Waals surface area contributed by atoms with Gasteiger partial charge in [-0.2, -0.15) is 0 Å². The zero-order chi connectivity index (χ0) is 13.1. The molecule has 1 aromatic rings. The van der Waals surface area contributed by atoms with Crippen LogP contribution in [-0.2, 0) is 4.79 Å². The Bertz CT molecular complexity index is 468. The van der Waals surface area contributed by atoms with Gasteiger partial charge in [-0.25, -0.2) is 0 Å². The molecule has 0 aromatic carbocycles. The fraction of sp³-hybridized carbons (Fsp3) is 0.538. The normalized spacial score (nSPS) is 17.3. The van der Waals surface area contributed by atoms with Gasteiger partial charge in [0.25, 0.3) is 0 Å². The average Bonchev–Trinajstić information content (AvgIpc) is 2.51. The highest BCUT2D eigenvalue weighted by atomic mass is 32.1. The van der Waals surface area contributed by atoms with E-state index in [1.165, 1.54) is 4.88 Å². The topological polar surface area (TPSA) is 49.4 Å². The van der Waals surface area contributed by atoms with Crippen LogP contribution in [0.1, 0.15) is 26.5 Å². The minimum atomic E-state index is 0.0764. The van der Waals surface area contributed by atoms with Gasteiger partial charge in [-0.3, -0.25) is 14.5 Å². The molecule has 1 N–H and O–H groups in total. The summed E-state index contributed by atoms with van der Waals surface area (Å²) < 4.78 is 0. The van der Waals surface area contributed by atoms with Gasteiger partial charge in [0.1, 0.15) is 0 Å². The van der Waals surface area contributed by atoms with Gasteiger partial charge in [0.05, 0.1) is 6.54 Å². The van der Waals surface area contributed by atoms with Crippen molar-refractivity contribution in [3.8, 4) is 0 Å². The second-order valence-corrected chi connectivity index (χ2v) is 6.09. The molecule has 1 aromatic heterocycles. The third kappa shape index (κ3) is 3.17. The van der Waals surface area contributed by atoms with E-state index in [0.29, 0.717) is 26.1 Å². The molecule has 0 aliphatic carbocycles. The summed E-state index contributed by atoms with van der Waals surface area (Å²) in [5, 5.41) is 2.81. The van der Waals surface area contributed by atoms with Gasteiger partial charge < -0.3 is 5.32 Å². The van der Waals surface area contributed by atoms with Crippen LogP contribution in [0.15, 0.2) is 6.07 Å². The highest BCUT2D eigenvalue weighted by Crippen LogP contribution is 2.21. The van der Waals surface area contributed by atoms with Crippen LogP contribution in [0.25, 0.3) is 0 Å². The number of Topliss-reactive ketones (excluding diaryl/α,β-unsaturated/α-hetero) is 1. The van der Waals surface area contributed by atoms with Gasteiger partial charge in [-0.05, 0) is 19.9 Å². The van der Waals surface area contributed by atoms with Gasteiger partial charge in [0.15, 0.2) is 5.78 Å². The van der Waals surface area contributed by atoms with Gasteiger partial charge in [-0.1, -0.05) is 0 Å². The summed E-state index contributed by atoms with van der Waals surface area (Å²) in [7, 11) is 0. The van der Waals surface area contributed by atoms with Gasteiger partial charge in [0.2, 0.25) is 5.91 Å². The molecule has 1 amide bonds. The lowest BCUT2D eigenvalue weighted by Gasteiger charge is -2.17. The van der Waals surface area contributed by atoms with Gasteiger partial charge in [-0.15, -0.1) is 11.3 Å². The first-order valence-electron chi connectivity index (χ1n) is 6.15.